The van der Waals surface area contributed by atoms with Crippen LogP contribution < -0.4 is 15.0 Å². The lowest BCUT2D eigenvalue weighted by Crippen LogP contribution is -2.45. The summed E-state index contributed by atoms with van der Waals surface area (Å²) in [6.45, 7) is 4.28. The summed E-state index contributed by atoms with van der Waals surface area (Å²) in [6, 6.07) is 14.8. The van der Waals surface area contributed by atoms with E-state index < -0.39 is 0 Å². The fourth-order valence-electron chi connectivity index (χ4n) is 2.70. The maximum atomic E-state index is 12.7. The van der Waals surface area contributed by atoms with E-state index in [-0.39, 0.29) is 12.1 Å². The Morgan fingerprint density at radius 2 is 2.04 bits per heavy atom. The van der Waals surface area contributed by atoms with Crippen molar-refractivity contribution >= 4 is 23.1 Å². The largest absolute Gasteiger partial charge is 0.486 e. The molecule has 5 nitrogen and oxygen atoms in total. The molecular weight excluding hydrogens is 302 g/mol. The molecule has 5 heteroatoms. The quantitative estimate of drug-likeness (QED) is 0.828. The number of fused-ring (bicyclic) bond motifs is 1. The van der Waals surface area contributed by atoms with Gasteiger partial charge in [0.25, 0.3) is 0 Å². The van der Waals surface area contributed by atoms with Gasteiger partial charge in [0.1, 0.15) is 11.9 Å². The summed E-state index contributed by atoms with van der Waals surface area (Å²) in [4.78, 5) is 14.4. The van der Waals surface area contributed by atoms with Gasteiger partial charge in [-0.3, -0.25) is 4.90 Å². The number of carbonyl (C=O) groups is 1. The van der Waals surface area contributed by atoms with Crippen molar-refractivity contribution in [3.63, 3.8) is 0 Å². The Kier molecular flexibility index (Phi) is 4.51. The number of carbonyl (C=O) groups excluding carboxylic acids is 1. The Hall–Kier alpha value is -2.82. The van der Waals surface area contributed by atoms with Gasteiger partial charge in [0.15, 0.2) is 0 Å². The lowest BCUT2D eigenvalue weighted by molar-refractivity contribution is 0.188. The molecule has 0 radical (unpaired) electrons. The third-order valence-corrected chi connectivity index (χ3v) is 4.09. The summed E-state index contributed by atoms with van der Waals surface area (Å²) in [5, 5.41) is 10.7. The van der Waals surface area contributed by atoms with Crippen LogP contribution >= 0.6 is 0 Å². The standard InChI is InChI=1S/C19H21N3O2/c1-3-16-12-22(19(23)21-15-7-5-4-6-8-15)17-10-9-14(13(2)20)11-18(17)24-16/h4-11,16,20H,3,12H2,1-2H3,(H,21,23). The molecule has 1 unspecified atom stereocenters. The summed E-state index contributed by atoms with van der Waals surface area (Å²) in [7, 11) is 0. The number of nitrogens with zero attached hydrogens (tertiary/aromatic N) is 1. The van der Waals surface area contributed by atoms with Crippen molar-refractivity contribution in [1.29, 1.82) is 5.41 Å². The zero-order valence-corrected chi connectivity index (χ0v) is 13.9. The number of anilines is 2. The summed E-state index contributed by atoms with van der Waals surface area (Å²) >= 11 is 0. The first-order chi connectivity index (χ1) is 11.6. The van der Waals surface area contributed by atoms with Crippen molar-refractivity contribution in [3.8, 4) is 5.75 Å². The van der Waals surface area contributed by atoms with Crippen molar-refractivity contribution in [1.82, 2.24) is 0 Å². The van der Waals surface area contributed by atoms with Gasteiger partial charge in [-0.05, 0) is 43.2 Å². The summed E-state index contributed by atoms with van der Waals surface area (Å²) in [5.74, 6) is 0.653. The lowest BCUT2D eigenvalue weighted by Gasteiger charge is -2.34. The molecule has 0 saturated carbocycles. The number of benzene rings is 2. The minimum Gasteiger partial charge on any atom is -0.486 e. The molecule has 0 fully saturated rings. The average molecular weight is 323 g/mol. The molecule has 1 aliphatic heterocycles. The second-order valence-electron chi connectivity index (χ2n) is 5.86. The normalized spacial score (nSPS) is 16.1. The van der Waals surface area contributed by atoms with Crippen molar-refractivity contribution in [2.75, 3.05) is 16.8 Å². The molecule has 124 valence electrons. The first-order valence-corrected chi connectivity index (χ1v) is 8.08. The summed E-state index contributed by atoms with van der Waals surface area (Å²) in [5.41, 5.74) is 2.77. The van der Waals surface area contributed by atoms with E-state index in [0.717, 1.165) is 23.4 Å². The van der Waals surface area contributed by atoms with Crippen LogP contribution in [0.15, 0.2) is 48.5 Å². The van der Waals surface area contributed by atoms with E-state index in [4.69, 9.17) is 10.1 Å². The summed E-state index contributed by atoms with van der Waals surface area (Å²) in [6.07, 6.45) is 0.753. The maximum absolute atomic E-state index is 12.7. The third kappa shape index (κ3) is 3.25. The zero-order valence-electron chi connectivity index (χ0n) is 13.9. The molecule has 24 heavy (non-hydrogen) atoms. The smallest absolute Gasteiger partial charge is 0.326 e. The Morgan fingerprint density at radius 3 is 2.71 bits per heavy atom. The van der Waals surface area contributed by atoms with Crippen molar-refractivity contribution in [2.45, 2.75) is 26.4 Å². The van der Waals surface area contributed by atoms with Crippen LogP contribution in [-0.2, 0) is 0 Å². The van der Waals surface area contributed by atoms with Crippen LogP contribution in [0.3, 0.4) is 0 Å². The van der Waals surface area contributed by atoms with Crippen molar-refractivity contribution in [3.05, 3.63) is 54.1 Å². The minimum atomic E-state index is -0.177. The molecule has 2 aromatic rings. The van der Waals surface area contributed by atoms with Gasteiger partial charge in [-0.2, -0.15) is 0 Å². The van der Waals surface area contributed by atoms with Crippen LogP contribution in [0.4, 0.5) is 16.2 Å². The monoisotopic (exact) mass is 323 g/mol. The molecule has 0 bridgehead atoms. The second-order valence-corrected chi connectivity index (χ2v) is 5.86. The Balaban J connectivity index is 1.90. The molecule has 1 atom stereocenters. The van der Waals surface area contributed by atoms with E-state index in [1.165, 1.54) is 0 Å². The van der Waals surface area contributed by atoms with Gasteiger partial charge in [0, 0.05) is 11.4 Å². The van der Waals surface area contributed by atoms with Gasteiger partial charge in [-0.25, -0.2) is 4.79 Å². The Morgan fingerprint density at radius 1 is 1.29 bits per heavy atom. The van der Waals surface area contributed by atoms with Crippen molar-refractivity contribution in [2.24, 2.45) is 0 Å². The maximum Gasteiger partial charge on any atom is 0.326 e. The average Bonchev–Trinajstić information content (AvgIpc) is 2.60. The molecule has 2 amide bonds. The molecule has 1 aliphatic rings. The first-order valence-electron chi connectivity index (χ1n) is 8.08. The topological polar surface area (TPSA) is 65.4 Å². The zero-order chi connectivity index (χ0) is 17.1. The fraction of sp³-hybridized carbons (Fsp3) is 0.263. The van der Waals surface area contributed by atoms with Crippen LogP contribution in [-0.4, -0.2) is 24.4 Å². The van der Waals surface area contributed by atoms with E-state index in [9.17, 15) is 4.79 Å². The molecule has 0 saturated heterocycles. The summed E-state index contributed by atoms with van der Waals surface area (Å²) < 4.78 is 5.98. The predicted molar refractivity (Wildman–Crippen MR) is 96.5 cm³/mol. The molecule has 2 aromatic carbocycles. The molecule has 0 spiro atoms. The highest BCUT2D eigenvalue weighted by Crippen LogP contribution is 2.35. The van der Waals surface area contributed by atoms with Gasteiger partial charge in [0.2, 0.25) is 0 Å². The highest BCUT2D eigenvalue weighted by molar-refractivity contribution is 6.04. The van der Waals surface area contributed by atoms with Gasteiger partial charge < -0.3 is 15.5 Å². The number of amides is 2. The van der Waals surface area contributed by atoms with Gasteiger partial charge in [0.05, 0.1) is 12.2 Å². The predicted octanol–water partition coefficient (Wildman–Crippen LogP) is 4.28. The number of para-hydroxylation sites is 1. The lowest BCUT2D eigenvalue weighted by atomic mass is 10.1. The molecular formula is C19H21N3O2. The van der Waals surface area contributed by atoms with Crippen LogP contribution in [0.25, 0.3) is 0 Å². The number of urea groups is 1. The highest BCUT2D eigenvalue weighted by Gasteiger charge is 2.29. The van der Waals surface area contributed by atoms with E-state index in [1.54, 1.807) is 11.8 Å². The molecule has 0 aromatic heterocycles. The second kappa shape index (κ2) is 6.74. The van der Waals surface area contributed by atoms with Gasteiger partial charge in [-0.1, -0.05) is 31.2 Å². The van der Waals surface area contributed by atoms with E-state index in [0.29, 0.717) is 18.0 Å². The highest BCUT2D eigenvalue weighted by atomic mass is 16.5. The van der Waals surface area contributed by atoms with Crippen LogP contribution in [0, 0.1) is 5.41 Å². The number of rotatable bonds is 3. The minimum absolute atomic E-state index is 0.0553. The SMILES string of the molecule is CCC1CN(C(=O)Nc2ccccc2)c2ccc(C(C)=N)cc2O1. The van der Waals surface area contributed by atoms with Gasteiger partial charge >= 0.3 is 6.03 Å². The van der Waals surface area contributed by atoms with Gasteiger partial charge in [-0.15, -0.1) is 0 Å². The Labute approximate surface area is 141 Å². The van der Waals surface area contributed by atoms with E-state index in [1.807, 2.05) is 55.5 Å². The fourth-order valence-corrected chi connectivity index (χ4v) is 2.70. The molecule has 0 aliphatic carbocycles. The number of hydrogen-bond donors (Lipinski definition) is 2. The number of nitrogens with one attached hydrogen (secondary N) is 2. The van der Waals surface area contributed by atoms with Crippen LogP contribution in [0.1, 0.15) is 25.8 Å². The number of ether oxygens (including phenoxy) is 1. The third-order valence-electron chi connectivity index (χ3n) is 4.09. The molecule has 3 rings (SSSR count). The van der Waals surface area contributed by atoms with Crippen molar-refractivity contribution < 1.29 is 9.53 Å². The molecule has 2 N–H and O–H groups in total. The van der Waals surface area contributed by atoms with Crippen LogP contribution in [0.5, 0.6) is 5.75 Å². The Bertz CT molecular complexity index is 758. The van der Waals surface area contributed by atoms with E-state index >= 15 is 0 Å². The number of hydrogen-bond acceptors (Lipinski definition) is 3. The molecule has 1 heterocycles. The van der Waals surface area contributed by atoms with Crippen LogP contribution in [0.2, 0.25) is 0 Å². The van der Waals surface area contributed by atoms with E-state index in [2.05, 4.69) is 5.32 Å². The first kappa shape index (κ1) is 16.1.